The van der Waals surface area contributed by atoms with Crippen LogP contribution in [0.2, 0.25) is 0 Å². The lowest BCUT2D eigenvalue weighted by Crippen LogP contribution is -2.09. The number of hydrogen-bond donors (Lipinski definition) is 0. The molecule has 0 spiro atoms. The monoisotopic (exact) mass is 315 g/mol. The van der Waals surface area contributed by atoms with Crippen LogP contribution >= 0.6 is 0 Å². The van der Waals surface area contributed by atoms with Gasteiger partial charge in [-0.1, -0.05) is 84.0 Å². The zero-order valence-electron chi connectivity index (χ0n) is 13.1. The third-order valence-corrected chi connectivity index (χ3v) is 3.57. The van der Waals surface area contributed by atoms with Gasteiger partial charge in [-0.05, 0) is 23.3 Å². The van der Waals surface area contributed by atoms with E-state index in [-0.39, 0.29) is 0 Å². The van der Waals surface area contributed by atoms with E-state index in [1.165, 1.54) is 0 Å². The Hall–Kier alpha value is -3.20. The van der Waals surface area contributed by atoms with Gasteiger partial charge in [0.1, 0.15) is 0 Å². The SMILES string of the molecule is O=C(O/N=C(/Cc1ccccc1)c1ccccc1)c1ccccc1. The van der Waals surface area contributed by atoms with Crippen LogP contribution in [-0.2, 0) is 11.3 Å². The minimum absolute atomic E-state index is 0.461. The van der Waals surface area contributed by atoms with E-state index in [9.17, 15) is 4.79 Å². The maximum atomic E-state index is 12.1. The Kier molecular flexibility index (Phi) is 5.15. The second-order valence-corrected chi connectivity index (χ2v) is 5.31. The first kappa shape index (κ1) is 15.7. The number of oxime groups is 1. The molecule has 0 aliphatic heterocycles. The van der Waals surface area contributed by atoms with Crippen molar-refractivity contribution in [1.82, 2.24) is 0 Å². The van der Waals surface area contributed by atoms with Gasteiger partial charge in [0.15, 0.2) is 0 Å². The van der Waals surface area contributed by atoms with E-state index < -0.39 is 5.97 Å². The van der Waals surface area contributed by atoms with Gasteiger partial charge in [-0.15, -0.1) is 0 Å². The standard InChI is InChI=1S/C21H17NO2/c23-21(19-14-8-3-9-15-19)24-22-20(18-12-6-2-7-13-18)16-17-10-4-1-5-11-17/h1-15H,16H2/b22-20-. The highest BCUT2D eigenvalue weighted by Crippen LogP contribution is 2.10. The molecule has 0 heterocycles. The molecule has 0 amide bonds. The third kappa shape index (κ3) is 4.17. The predicted molar refractivity (Wildman–Crippen MR) is 95.0 cm³/mol. The van der Waals surface area contributed by atoms with Gasteiger partial charge < -0.3 is 4.84 Å². The second-order valence-electron chi connectivity index (χ2n) is 5.31. The summed E-state index contributed by atoms with van der Waals surface area (Å²) in [6, 6.07) is 28.6. The first-order valence-corrected chi connectivity index (χ1v) is 7.75. The molecule has 3 aromatic rings. The smallest absolute Gasteiger partial charge is 0.313 e. The number of nitrogens with zero attached hydrogens (tertiary/aromatic N) is 1. The third-order valence-electron chi connectivity index (χ3n) is 3.57. The first-order chi connectivity index (χ1) is 11.8. The van der Waals surface area contributed by atoms with Crippen molar-refractivity contribution in [2.75, 3.05) is 0 Å². The molecule has 3 aromatic carbocycles. The van der Waals surface area contributed by atoms with Crippen LogP contribution in [0.4, 0.5) is 0 Å². The van der Waals surface area contributed by atoms with E-state index in [1.54, 1.807) is 24.3 Å². The number of carbonyl (C=O) groups excluding carboxylic acids is 1. The van der Waals surface area contributed by atoms with Gasteiger partial charge in [0.05, 0.1) is 11.3 Å². The van der Waals surface area contributed by atoms with E-state index in [0.717, 1.165) is 11.1 Å². The minimum Gasteiger partial charge on any atom is -0.313 e. The average molecular weight is 315 g/mol. The predicted octanol–water partition coefficient (Wildman–Crippen LogP) is 4.49. The Labute approximate surface area is 141 Å². The fourth-order valence-electron chi connectivity index (χ4n) is 2.33. The van der Waals surface area contributed by atoms with Crippen molar-refractivity contribution in [3.63, 3.8) is 0 Å². The maximum absolute atomic E-state index is 12.1. The van der Waals surface area contributed by atoms with Crippen LogP contribution < -0.4 is 0 Å². The summed E-state index contributed by atoms with van der Waals surface area (Å²) in [6.07, 6.45) is 0.590. The molecular weight excluding hydrogens is 298 g/mol. The van der Waals surface area contributed by atoms with Crippen molar-refractivity contribution in [1.29, 1.82) is 0 Å². The number of carbonyl (C=O) groups is 1. The summed E-state index contributed by atoms with van der Waals surface area (Å²) in [7, 11) is 0. The van der Waals surface area contributed by atoms with Crippen LogP contribution in [0.25, 0.3) is 0 Å². The molecule has 0 saturated heterocycles. The molecule has 3 rings (SSSR count). The van der Waals surface area contributed by atoms with Crippen LogP contribution in [0.3, 0.4) is 0 Å². The average Bonchev–Trinajstić information content (AvgIpc) is 2.67. The van der Waals surface area contributed by atoms with Crippen molar-refractivity contribution in [2.45, 2.75) is 6.42 Å². The van der Waals surface area contributed by atoms with Gasteiger partial charge in [0, 0.05) is 6.42 Å². The molecule has 118 valence electrons. The van der Waals surface area contributed by atoms with Gasteiger partial charge in [-0.25, -0.2) is 4.79 Å². The lowest BCUT2D eigenvalue weighted by molar-refractivity contribution is 0.0516. The first-order valence-electron chi connectivity index (χ1n) is 7.75. The van der Waals surface area contributed by atoms with Crippen molar-refractivity contribution in [3.05, 3.63) is 108 Å². The Morgan fingerprint density at radius 3 is 1.79 bits per heavy atom. The number of rotatable bonds is 5. The van der Waals surface area contributed by atoms with Crippen LogP contribution in [0.1, 0.15) is 21.5 Å². The summed E-state index contributed by atoms with van der Waals surface area (Å²) in [5.74, 6) is -0.461. The van der Waals surface area contributed by atoms with Crippen LogP contribution in [0, 0.1) is 0 Å². The molecule has 0 radical (unpaired) electrons. The molecule has 0 N–H and O–H groups in total. The molecule has 0 atom stereocenters. The Morgan fingerprint density at radius 1 is 0.708 bits per heavy atom. The summed E-state index contributed by atoms with van der Waals surface area (Å²) in [6.45, 7) is 0. The highest BCUT2D eigenvalue weighted by Gasteiger charge is 2.09. The maximum Gasteiger partial charge on any atom is 0.365 e. The molecule has 24 heavy (non-hydrogen) atoms. The largest absolute Gasteiger partial charge is 0.365 e. The van der Waals surface area contributed by atoms with Crippen LogP contribution in [0.5, 0.6) is 0 Å². The molecular formula is C21H17NO2. The van der Waals surface area contributed by atoms with Gasteiger partial charge in [-0.3, -0.25) is 0 Å². The van der Waals surface area contributed by atoms with Crippen molar-refractivity contribution >= 4 is 11.7 Å². The van der Waals surface area contributed by atoms with Crippen molar-refractivity contribution in [3.8, 4) is 0 Å². The van der Waals surface area contributed by atoms with Gasteiger partial charge in [0.25, 0.3) is 0 Å². The molecule has 0 aliphatic carbocycles. The van der Waals surface area contributed by atoms with E-state index >= 15 is 0 Å². The van der Waals surface area contributed by atoms with E-state index in [4.69, 9.17) is 4.84 Å². The van der Waals surface area contributed by atoms with Crippen LogP contribution in [-0.4, -0.2) is 11.7 Å². The fourth-order valence-corrected chi connectivity index (χ4v) is 2.33. The molecule has 3 nitrogen and oxygen atoms in total. The fraction of sp³-hybridized carbons (Fsp3) is 0.0476. The second kappa shape index (κ2) is 7.88. The molecule has 0 aliphatic rings. The lowest BCUT2D eigenvalue weighted by atomic mass is 10.0. The topological polar surface area (TPSA) is 38.7 Å². The molecule has 3 heteroatoms. The number of benzene rings is 3. The zero-order valence-corrected chi connectivity index (χ0v) is 13.1. The van der Waals surface area contributed by atoms with Crippen molar-refractivity contribution in [2.24, 2.45) is 5.16 Å². The van der Waals surface area contributed by atoms with Gasteiger partial charge in [-0.2, -0.15) is 0 Å². The Morgan fingerprint density at radius 2 is 1.21 bits per heavy atom. The molecule has 0 saturated carbocycles. The quantitative estimate of drug-likeness (QED) is 0.395. The van der Waals surface area contributed by atoms with E-state index in [2.05, 4.69) is 5.16 Å². The summed E-state index contributed by atoms with van der Waals surface area (Å²) < 4.78 is 0. The lowest BCUT2D eigenvalue weighted by Gasteiger charge is -2.07. The molecule has 0 unspecified atom stereocenters. The molecule has 0 fully saturated rings. The summed E-state index contributed by atoms with van der Waals surface area (Å²) in [4.78, 5) is 17.3. The Balaban J connectivity index is 1.83. The minimum atomic E-state index is -0.461. The van der Waals surface area contributed by atoms with Gasteiger partial charge >= 0.3 is 5.97 Å². The summed E-state index contributed by atoms with van der Waals surface area (Å²) in [5, 5.41) is 4.13. The van der Waals surface area contributed by atoms with E-state index in [1.807, 2.05) is 66.7 Å². The zero-order chi connectivity index (χ0) is 16.6. The normalized spacial score (nSPS) is 11.1. The van der Waals surface area contributed by atoms with E-state index in [0.29, 0.717) is 17.7 Å². The van der Waals surface area contributed by atoms with Crippen LogP contribution in [0.15, 0.2) is 96.2 Å². The van der Waals surface area contributed by atoms with Crippen molar-refractivity contribution < 1.29 is 9.63 Å². The molecule has 0 aromatic heterocycles. The summed E-state index contributed by atoms with van der Waals surface area (Å²) in [5.41, 5.74) is 3.23. The highest BCUT2D eigenvalue weighted by molar-refractivity contribution is 6.02. The summed E-state index contributed by atoms with van der Waals surface area (Å²) >= 11 is 0. The highest BCUT2D eigenvalue weighted by atomic mass is 16.7. The van der Waals surface area contributed by atoms with Gasteiger partial charge in [0.2, 0.25) is 0 Å². The number of hydrogen-bond acceptors (Lipinski definition) is 3. The molecule has 0 bridgehead atoms. The Bertz CT molecular complexity index is 812.